The average molecular weight is 370 g/mol. The van der Waals surface area contributed by atoms with Crippen LogP contribution < -0.4 is 15.4 Å². The normalized spacial score (nSPS) is 13.3. The van der Waals surface area contributed by atoms with Crippen molar-refractivity contribution >= 4 is 17.4 Å². The molecule has 3 rings (SSSR count). The number of rotatable bonds is 9. The topological polar surface area (TPSA) is 96.1 Å². The van der Waals surface area contributed by atoms with Crippen LogP contribution in [0, 0.1) is 0 Å². The number of aromatic amines is 1. The fourth-order valence-corrected chi connectivity index (χ4v) is 3.16. The number of anilines is 1. The molecule has 0 saturated carbocycles. The molecule has 27 heavy (non-hydrogen) atoms. The van der Waals surface area contributed by atoms with E-state index in [4.69, 9.17) is 4.74 Å². The van der Waals surface area contributed by atoms with Gasteiger partial charge in [0.2, 0.25) is 0 Å². The molecule has 7 nitrogen and oxygen atoms in total. The second-order valence-corrected chi connectivity index (χ2v) is 6.61. The van der Waals surface area contributed by atoms with E-state index >= 15 is 0 Å². The van der Waals surface area contributed by atoms with E-state index in [1.807, 2.05) is 0 Å². The number of Topliss-reactive ketones (excluding diaryl/α,β-unsaturated/α-hetero) is 1. The van der Waals surface area contributed by atoms with Crippen LogP contribution in [0.2, 0.25) is 0 Å². The highest BCUT2D eigenvalue weighted by Gasteiger charge is 2.26. The molecule has 1 aliphatic carbocycles. The first-order valence-electron chi connectivity index (χ1n) is 9.53. The van der Waals surface area contributed by atoms with Crippen LogP contribution >= 0.6 is 0 Å². The number of amides is 1. The number of nitrogens with zero attached hydrogens (tertiary/aromatic N) is 1. The lowest BCUT2D eigenvalue weighted by Gasteiger charge is -2.14. The van der Waals surface area contributed by atoms with Gasteiger partial charge in [0.15, 0.2) is 5.78 Å². The molecule has 2 heterocycles. The molecule has 2 aromatic rings. The maximum atomic E-state index is 12.7. The lowest BCUT2D eigenvalue weighted by atomic mass is 9.93. The number of aryl methyl sites for hydroxylation is 1. The van der Waals surface area contributed by atoms with Gasteiger partial charge in [-0.15, -0.1) is 0 Å². The number of fused-ring (bicyclic) bond motifs is 1. The number of H-pyrrole nitrogens is 1. The Kier molecular flexibility index (Phi) is 6.59. The van der Waals surface area contributed by atoms with Crippen molar-refractivity contribution in [1.82, 2.24) is 15.3 Å². The van der Waals surface area contributed by atoms with Crippen LogP contribution in [0.15, 0.2) is 24.7 Å². The van der Waals surface area contributed by atoms with Crippen LogP contribution in [0.1, 0.15) is 59.0 Å². The molecule has 0 aromatic carbocycles. The predicted octanol–water partition coefficient (Wildman–Crippen LogP) is 2.95. The Morgan fingerprint density at radius 3 is 3.07 bits per heavy atom. The number of hydrogen-bond acceptors (Lipinski definition) is 5. The largest absolute Gasteiger partial charge is 0.490 e. The van der Waals surface area contributed by atoms with Crippen molar-refractivity contribution in [3.8, 4) is 5.75 Å². The second kappa shape index (κ2) is 9.32. The molecule has 0 aliphatic heterocycles. The monoisotopic (exact) mass is 370 g/mol. The van der Waals surface area contributed by atoms with Crippen molar-refractivity contribution in [1.29, 1.82) is 0 Å². The molecule has 2 aromatic heterocycles. The van der Waals surface area contributed by atoms with Crippen molar-refractivity contribution in [2.45, 2.75) is 39.0 Å². The number of ether oxygens (including phenoxy) is 1. The molecule has 3 N–H and O–H groups in total. The van der Waals surface area contributed by atoms with Gasteiger partial charge in [-0.25, -0.2) is 0 Å². The van der Waals surface area contributed by atoms with Gasteiger partial charge in [-0.1, -0.05) is 13.3 Å². The summed E-state index contributed by atoms with van der Waals surface area (Å²) in [7, 11) is 0. The third kappa shape index (κ3) is 4.74. The van der Waals surface area contributed by atoms with E-state index in [9.17, 15) is 9.59 Å². The summed E-state index contributed by atoms with van der Waals surface area (Å²) < 4.78 is 5.78. The lowest BCUT2D eigenvalue weighted by Crippen LogP contribution is -2.22. The maximum absolute atomic E-state index is 12.7. The molecule has 0 radical (unpaired) electrons. The summed E-state index contributed by atoms with van der Waals surface area (Å²) in [5, 5.41) is 6.13. The first kappa shape index (κ1) is 19.1. The van der Waals surface area contributed by atoms with Crippen molar-refractivity contribution in [3.05, 3.63) is 41.5 Å². The van der Waals surface area contributed by atoms with Crippen LogP contribution in [0.5, 0.6) is 5.75 Å². The number of carbonyl (C=O) groups is 2. The zero-order chi connectivity index (χ0) is 19.1. The molecular formula is C20H26N4O3. The Labute approximate surface area is 158 Å². The van der Waals surface area contributed by atoms with Crippen LogP contribution in [-0.4, -0.2) is 41.4 Å². The predicted molar refractivity (Wildman–Crippen MR) is 104 cm³/mol. The number of hydrogen-bond donors (Lipinski definition) is 3. The number of nitrogens with one attached hydrogen (secondary N) is 3. The number of ketones is 1. The highest BCUT2D eigenvalue weighted by atomic mass is 16.5. The summed E-state index contributed by atoms with van der Waals surface area (Å²) in [5.74, 6) is 0.247. The van der Waals surface area contributed by atoms with E-state index in [0.717, 1.165) is 44.5 Å². The van der Waals surface area contributed by atoms with Gasteiger partial charge in [-0.3, -0.25) is 14.6 Å². The molecule has 7 heteroatoms. The average Bonchev–Trinajstić information content (AvgIpc) is 3.11. The van der Waals surface area contributed by atoms with Gasteiger partial charge in [0.05, 0.1) is 17.3 Å². The first-order chi connectivity index (χ1) is 13.2. The van der Waals surface area contributed by atoms with Gasteiger partial charge in [-0.2, -0.15) is 0 Å². The number of carbonyl (C=O) groups excluding carboxylic acids is 2. The summed E-state index contributed by atoms with van der Waals surface area (Å²) in [5.41, 5.74) is 2.24. The Morgan fingerprint density at radius 1 is 1.33 bits per heavy atom. The van der Waals surface area contributed by atoms with E-state index in [-0.39, 0.29) is 11.7 Å². The zero-order valence-electron chi connectivity index (χ0n) is 15.6. The molecular weight excluding hydrogens is 344 g/mol. The second-order valence-electron chi connectivity index (χ2n) is 6.61. The van der Waals surface area contributed by atoms with E-state index in [0.29, 0.717) is 35.6 Å². The van der Waals surface area contributed by atoms with Crippen LogP contribution in [-0.2, 0) is 6.42 Å². The minimum Gasteiger partial charge on any atom is -0.490 e. The fourth-order valence-electron chi connectivity index (χ4n) is 3.16. The highest BCUT2D eigenvalue weighted by Crippen LogP contribution is 2.27. The maximum Gasteiger partial charge on any atom is 0.258 e. The van der Waals surface area contributed by atoms with Crippen molar-refractivity contribution < 1.29 is 14.3 Å². The molecule has 0 spiro atoms. The van der Waals surface area contributed by atoms with Gasteiger partial charge in [0.1, 0.15) is 18.0 Å². The number of unbranched alkanes of at least 4 members (excludes halogenated alkanes) is 1. The molecule has 1 aliphatic rings. The van der Waals surface area contributed by atoms with Gasteiger partial charge in [0, 0.05) is 37.1 Å². The van der Waals surface area contributed by atoms with Crippen molar-refractivity contribution in [2.24, 2.45) is 0 Å². The Balaban J connectivity index is 1.63. The lowest BCUT2D eigenvalue weighted by molar-refractivity contribution is 0.0956. The summed E-state index contributed by atoms with van der Waals surface area (Å²) in [6.45, 7) is 4.34. The van der Waals surface area contributed by atoms with E-state index in [1.54, 1.807) is 24.7 Å². The quantitative estimate of drug-likeness (QED) is 0.590. The molecule has 0 atom stereocenters. The minimum atomic E-state index is -0.332. The van der Waals surface area contributed by atoms with Crippen LogP contribution in [0.4, 0.5) is 5.69 Å². The van der Waals surface area contributed by atoms with Gasteiger partial charge < -0.3 is 20.4 Å². The smallest absolute Gasteiger partial charge is 0.258 e. The summed E-state index contributed by atoms with van der Waals surface area (Å²) >= 11 is 0. The van der Waals surface area contributed by atoms with Crippen LogP contribution in [0.25, 0.3) is 0 Å². The van der Waals surface area contributed by atoms with E-state index < -0.39 is 0 Å². The summed E-state index contributed by atoms with van der Waals surface area (Å²) in [6.07, 6.45) is 9.17. The van der Waals surface area contributed by atoms with Crippen molar-refractivity contribution in [3.63, 3.8) is 0 Å². The zero-order valence-corrected chi connectivity index (χ0v) is 15.6. The Bertz CT molecular complexity index is 800. The standard InChI is InChI=1S/C20H26N4O3/c1-2-3-8-21-10-11-27-18-7-9-22-13-16(18)24-20(26)14-12-23-15-5-4-6-17(25)19(14)15/h7,9,12-13,21,23H,2-6,8,10-11H2,1H3,(H,24,26). The molecule has 1 amide bonds. The molecule has 0 saturated heterocycles. The highest BCUT2D eigenvalue weighted by molar-refractivity contribution is 6.13. The third-order valence-corrected chi connectivity index (χ3v) is 4.59. The number of pyridine rings is 1. The summed E-state index contributed by atoms with van der Waals surface area (Å²) in [6, 6.07) is 1.72. The van der Waals surface area contributed by atoms with Crippen molar-refractivity contribution in [2.75, 3.05) is 25.0 Å². The van der Waals surface area contributed by atoms with Crippen LogP contribution in [0.3, 0.4) is 0 Å². The third-order valence-electron chi connectivity index (χ3n) is 4.59. The van der Waals surface area contributed by atoms with Gasteiger partial charge in [0.25, 0.3) is 5.91 Å². The first-order valence-corrected chi connectivity index (χ1v) is 9.53. The van der Waals surface area contributed by atoms with E-state index in [2.05, 4.69) is 27.5 Å². The Morgan fingerprint density at radius 2 is 2.22 bits per heavy atom. The SMILES string of the molecule is CCCCNCCOc1ccncc1NC(=O)c1c[nH]c2c1C(=O)CCC2. The Hall–Kier alpha value is -2.67. The van der Waals surface area contributed by atoms with E-state index in [1.165, 1.54) is 0 Å². The minimum absolute atomic E-state index is 0.0171. The van der Waals surface area contributed by atoms with Gasteiger partial charge in [-0.05, 0) is 25.8 Å². The summed E-state index contributed by atoms with van der Waals surface area (Å²) in [4.78, 5) is 32.0. The molecule has 0 unspecified atom stereocenters. The molecule has 0 fully saturated rings. The molecule has 144 valence electrons. The fraction of sp³-hybridized carbons (Fsp3) is 0.450. The number of aromatic nitrogens is 2. The van der Waals surface area contributed by atoms with Gasteiger partial charge >= 0.3 is 0 Å². The molecule has 0 bridgehead atoms.